The first-order valence-electron chi connectivity index (χ1n) is 8.96. The maximum atomic E-state index is 12.9. The van der Waals surface area contributed by atoms with Crippen LogP contribution in [0.1, 0.15) is 40.2 Å². The fourth-order valence-electron chi connectivity index (χ4n) is 2.89. The summed E-state index contributed by atoms with van der Waals surface area (Å²) in [5, 5.41) is 9.38. The minimum Gasteiger partial charge on any atom is -0.490 e. The number of nitriles is 1. The summed E-state index contributed by atoms with van der Waals surface area (Å²) in [6, 6.07) is 6.96. The second kappa shape index (κ2) is 8.54. The van der Waals surface area contributed by atoms with E-state index in [0.29, 0.717) is 35.9 Å². The van der Waals surface area contributed by atoms with Gasteiger partial charge in [0, 0.05) is 11.6 Å². The summed E-state index contributed by atoms with van der Waals surface area (Å²) in [6.45, 7) is 9.87. The molecule has 0 aromatic heterocycles. The number of carbonyl (C=O) groups excluding carboxylic acids is 2. The highest BCUT2D eigenvalue weighted by Gasteiger charge is 2.36. The second-order valence-corrected chi connectivity index (χ2v) is 6.32. The molecule has 0 aliphatic carbocycles. The molecule has 0 radical (unpaired) electrons. The minimum atomic E-state index is -0.547. The summed E-state index contributed by atoms with van der Waals surface area (Å²) in [7, 11) is 0. The van der Waals surface area contributed by atoms with Gasteiger partial charge in [-0.05, 0) is 64.0 Å². The number of ether oxygens (including phenoxy) is 2. The molecule has 0 unspecified atom stereocenters. The predicted octanol–water partition coefficient (Wildman–Crippen LogP) is 3.48. The average molecular weight is 368 g/mol. The molecule has 0 N–H and O–H groups in total. The van der Waals surface area contributed by atoms with Crippen LogP contribution in [-0.4, -0.2) is 36.0 Å². The molecule has 0 atom stereocenters. The van der Waals surface area contributed by atoms with Crippen molar-refractivity contribution in [2.24, 2.45) is 0 Å². The number of nitrogens with zero attached hydrogens (tertiary/aromatic N) is 2. The lowest BCUT2D eigenvalue weighted by atomic mass is 9.93. The molecule has 1 heterocycles. The van der Waals surface area contributed by atoms with Gasteiger partial charge in [-0.3, -0.25) is 14.5 Å². The number of amides is 2. The zero-order valence-electron chi connectivity index (χ0n) is 16.3. The van der Waals surface area contributed by atoms with Crippen molar-refractivity contribution in [3.63, 3.8) is 0 Å². The van der Waals surface area contributed by atoms with E-state index in [-0.39, 0.29) is 11.6 Å². The van der Waals surface area contributed by atoms with E-state index in [2.05, 4.69) is 0 Å². The third-order valence-corrected chi connectivity index (χ3v) is 4.17. The van der Waals surface area contributed by atoms with E-state index < -0.39 is 11.8 Å². The Kier molecular flexibility index (Phi) is 6.40. The summed E-state index contributed by atoms with van der Waals surface area (Å²) in [4.78, 5) is 26.4. The highest BCUT2D eigenvalue weighted by atomic mass is 16.5. The van der Waals surface area contributed by atoms with Crippen molar-refractivity contribution in [3.05, 3.63) is 40.5 Å². The highest BCUT2D eigenvalue weighted by molar-refractivity contribution is 6.19. The summed E-state index contributed by atoms with van der Waals surface area (Å²) in [5.41, 5.74) is 1.42. The average Bonchev–Trinajstić information content (AvgIpc) is 2.61. The van der Waals surface area contributed by atoms with Gasteiger partial charge in [0.05, 0.1) is 13.2 Å². The number of benzene rings is 1. The van der Waals surface area contributed by atoms with Crippen LogP contribution in [0.2, 0.25) is 0 Å². The lowest BCUT2D eigenvalue weighted by Gasteiger charge is -2.30. The van der Waals surface area contributed by atoms with E-state index in [1.807, 2.05) is 26.0 Å². The Morgan fingerprint density at radius 2 is 1.74 bits per heavy atom. The van der Waals surface area contributed by atoms with E-state index >= 15 is 0 Å². The van der Waals surface area contributed by atoms with Gasteiger partial charge in [-0.25, -0.2) is 0 Å². The predicted molar refractivity (Wildman–Crippen MR) is 102 cm³/mol. The van der Waals surface area contributed by atoms with Crippen LogP contribution in [-0.2, 0) is 9.59 Å². The van der Waals surface area contributed by atoms with Gasteiger partial charge in [0.1, 0.15) is 11.6 Å². The van der Waals surface area contributed by atoms with Crippen molar-refractivity contribution in [2.75, 3.05) is 13.2 Å². The molecule has 2 rings (SSSR count). The molecule has 1 aliphatic heterocycles. The van der Waals surface area contributed by atoms with E-state index in [9.17, 15) is 14.9 Å². The first-order valence-corrected chi connectivity index (χ1v) is 8.96. The number of rotatable bonds is 6. The molecule has 6 nitrogen and oxygen atoms in total. The smallest absolute Gasteiger partial charge is 0.271 e. The summed E-state index contributed by atoms with van der Waals surface area (Å²) >= 11 is 0. The molecule has 27 heavy (non-hydrogen) atoms. The Bertz CT molecular complexity index is 859. The Hall–Kier alpha value is -3.07. The minimum absolute atomic E-state index is 0.00878. The largest absolute Gasteiger partial charge is 0.490 e. The summed E-state index contributed by atoms with van der Waals surface area (Å²) < 4.78 is 11.2. The van der Waals surface area contributed by atoms with Crippen molar-refractivity contribution in [3.8, 4) is 17.6 Å². The zero-order chi connectivity index (χ0) is 20.1. The zero-order valence-corrected chi connectivity index (χ0v) is 16.3. The molecule has 0 saturated heterocycles. The molecule has 0 saturated carbocycles. The number of carbonyl (C=O) groups is 2. The normalized spacial score (nSPS) is 16.2. The Labute approximate surface area is 159 Å². The molecule has 2 amide bonds. The van der Waals surface area contributed by atoms with Crippen LogP contribution in [0.4, 0.5) is 0 Å². The van der Waals surface area contributed by atoms with Crippen LogP contribution in [0.3, 0.4) is 0 Å². The number of hydrogen-bond donors (Lipinski definition) is 0. The number of hydrogen-bond acceptors (Lipinski definition) is 5. The van der Waals surface area contributed by atoms with Crippen LogP contribution in [0.25, 0.3) is 6.08 Å². The highest BCUT2D eigenvalue weighted by Crippen LogP contribution is 2.32. The first-order chi connectivity index (χ1) is 12.8. The van der Waals surface area contributed by atoms with Crippen LogP contribution in [0.5, 0.6) is 11.5 Å². The topological polar surface area (TPSA) is 79.6 Å². The fourth-order valence-corrected chi connectivity index (χ4v) is 2.89. The molecule has 1 aromatic carbocycles. The number of imide groups is 1. The molecule has 142 valence electrons. The van der Waals surface area contributed by atoms with E-state index in [0.717, 1.165) is 10.5 Å². The Balaban J connectivity index is 2.57. The van der Waals surface area contributed by atoms with Crippen molar-refractivity contribution < 1.29 is 19.1 Å². The Morgan fingerprint density at radius 3 is 2.30 bits per heavy atom. The maximum Gasteiger partial charge on any atom is 0.271 e. The van der Waals surface area contributed by atoms with E-state index in [1.165, 1.54) is 0 Å². The monoisotopic (exact) mass is 368 g/mol. The second-order valence-electron chi connectivity index (χ2n) is 6.32. The SMILES string of the molecule is CCOc1ccc(/C=C2/C(=O)N(C(C)C)C(=O)C(C#N)=C2C)cc1OCC. The first kappa shape index (κ1) is 20.2. The Morgan fingerprint density at radius 1 is 1.11 bits per heavy atom. The molecule has 6 heteroatoms. The van der Waals surface area contributed by atoms with Crippen molar-refractivity contribution in [1.29, 1.82) is 5.26 Å². The van der Waals surface area contributed by atoms with Gasteiger partial charge in [-0.1, -0.05) is 6.07 Å². The van der Waals surface area contributed by atoms with Gasteiger partial charge in [-0.2, -0.15) is 5.26 Å². The summed E-state index contributed by atoms with van der Waals surface area (Å²) in [6.07, 6.45) is 1.68. The fraction of sp³-hybridized carbons (Fsp3) is 0.381. The van der Waals surface area contributed by atoms with E-state index in [4.69, 9.17) is 9.47 Å². The molecule has 1 aromatic rings. The van der Waals surface area contributed by atoms with Crippen LogP contribution < -0.4 is 9.47 Å². The molecule has 0 bridgehead atoms. The summed E-state index contributed by atoms with van der Waals surface area (Å²) in [5.74, 6) is 0.253. The lowest BCUT2D eigenvalue weighted by molar-refractivity contribution is -0.142. The molecule has 0 spiro atoms. The van der Waals surface area contributed by atoms with Gasteiger partial charge in [0.15, 0.2) is 11.5 Å². The maximum absolute atomic E-state index is 12.9. The third-order valence-electron chi connectivity index (χ3n) is 4.17. The van der Waals surface area contributed by atoms with E-state index in [1.54, 1.807) is 39.0 Å². The van der Waals surface area contributed by atoms with Gasteiger partial charge < -0.3 is 9.47 Å². The van der Waals surface area contributed by atoms with Crippen LogP contribution >= 0.6 is 0 Å². The standard InChI is InChI=1S/C21H24N2O4/c1-6-26-18-9-8-15(11-19(18)27-7-2)10-16-14(5)17(12-22)21(25)23(13(3)4)20(16)24/h8-11,13H,6-7H2,1-5H3/b16-10+. The molecule has 0 fully saturated rings. The van der Waals surface area contributed by atoms with Gasteiger partial charge >= 0.3 is 0 Å². The van der Waals surface area contributed by atoms with Gasteiger partial charge in [0.2, 0.25) is 0 Å². The van der Waals surface area contributed by atoms with Gasteiger partial charge in [-0.15, -0.1) is 0 Å². The molecular formula is C21H24N2O4. The molecular weight excluding hydrogens is 344 g/mol. The van der Waals surface area contributed by atoms with Crippen molar-refractivity contribution in [1.82, 2.24) is 4.90 Å². The quantitative estimate of drug-likeness (QED) is 0.567. The van der Waals surface area contributed by atoms with Crippen molar-refractivity contribution in [2.45, 2.75) is 40.7 Å². The van der Waals surface area contributed by atoms with Crippen LogP contribution in [0, 0.1) is 11.3 Å². The van der Waals surface area contributed by atoms with Crippen molar-refractivity contribution >= 4 is 17.9 Å². The van der Waals surface area contributed by atoms with Crippen LogP contribution in [0.15, 0.2) is 34.9 Å². The third kappa shape index (κ3) is 4.03. The van der Waals surface area contributed by atoms with Gasteiger partial charge in [0.25, 0.3) is 11.8 Å². The molecule has 1 aliphatic rings. The lowest BCUT2D eigenvalue weighted by Crippen LogP contribution is -2.46.